The first-order valence-electron chi connectivity index (χ1n) is 5.68. The molecule has 0 bridgehead atoms. The Hall–Kier alpha value is -0.530. The molecule has 1 aliphatic heterocycles. The fraction of sp³-hybridized carbons (Fsp3) is 0.538. The summed E-state index contributed by atoms with van der Waals surface area (Å²) in [4.78, 5) is 0. The van der Waals surface area contributed by atoms with Gasteiger partial charge in [-0.25, -0.2) is 0 Å². The number of halogens is 1. The maximum atomic E-state index is 6.44. The van der Waals surface area contributed by atoms with Gasteiger partial charge in [0, 0.05) is 11.6 Å². The van der Waals surface area contributed by atoms with Crippen LogP contribution in [0.3, 0.4) is 0 Å². The van der Waals surface area contributed by atoms with Gasteiger partial charge in [-0.1, -0.05) is 37.6 Å². The quantitative estimate of drug-likeness (QED) is 0.812. The third kappa shape index (κ3) is 2.35. The Labute approximate surface area is 96.8 Å². The van der Waals surface area contributed by atoms with E-state index in [1.54, 1.807) is 0 Å². The molecule has 2 rings (SSSR count). The molecule has 1 heterocycles. The summed E-state index contributed by atoms with van der Waals surface area (Å²) < 4.78 is 0. The highest BCUT2D eigenvalue weighted by Crippen LogP contribution is 2.28. The van der Waals surface area contributed by atoms with Crippen LogP contribution in [0.5, 0.6) is 0 Å². The summed E-state index contributed by atoms with van der Waals surface area (Å²) in [5.41, 5.74) is 4.06. The Bertz CT molecular complexity index is 358. The van der Waals surface area contributed by atoms with E-state index in [1.807, 2.05) is 0 Å². The van der Waals surface area contributed by atoms with Gasteiger partial charge in [0.05, 0.1) is 0 Å². The molecule has 0 aromatic heterocycles. The van der Waals surface area contributed by atoms with Gasteiger partial charge in [0.15, 0.2) is 0 Å². The van der Waals surface area contributed by atoms with E-state index in [-0.39, 0.29) is 0 Å². The van der Waals surface area contributed by atoms with Crippen molar-refractivity contribution in [2.75, 3.05) is 6.54 Å². The lowest BCUT2D eigenvalue weighted by Gasteiger charge is -2.20. The van der Waals surface area contributed by atoms with E-state index in [1.165, 1.54) is 16.7 Å². The van der Waals surface area contributed by atoms with Crippen molar-refractivity contribution >= 4 is 11.6 Å². The molecule has 1 aromatic carbocycles. The van der Waals surface area contributed by atoms with E-state index in [9.17, 15) is 0 Å². The van der Waals surface area contributed by atoms with Crippen LogP contribution in [0.1, 0.15) is 30.5 Å². The van der Waals surface area contributed by atoms with Gasteiger partial charge >= 0.3 is 0 Å². The highest BCUT2D eigenvalue weighted by Gasteiger charge is 2.15. The Morgan fingerprint density at radius 2 is 2.20 bits per heavy atom. The van der Waals surface area contributed by atoms with Gasteiger partial charge in [0.25, 0.3) is 0 Å². The third-order valence-electron chi connectivity index (χ3n) is 2.92. The second kappa shape index (κ2) is 4.54. The fourth-order valence-corrected chi connectivity index (χ4v) is 2.54. The van der Waals surface area contributed by atoms with Crippen molar-refractivity contribution in [1.29, 1.82) is 0 Å². The van der Waals surface area contributed by atoms with Crippen LogP contribution in [0.15, 0.2) is 12.1 Å². The van der Waals surface area contributed by atoms with Crippen LogP contribution in [0.25, 0.3) is 0 Å². The Balaban J connectivity index is 2.34. The van der Waals surface area contributed by atoms with Gasteiger partial charge in [-0.15, -0.1) is 0 Å². The van der Waals surface area contributed by atoms with E-state index >= 15 is 0 Å². The maximum absolute atomic E-state index is 6.44. The zero-order valence-electron chi connectivity index (χ0n) is 9.44. The lowest BCUT2D eigenvalue weighted by atomic mass is 9.94. The number of benzene rings is 1. The second-order valence-electron chi connectivity index (χ2n) is 4.70. The maximum Gasteiger partial charge on any atom is 0.0473 e. The number of hydrogen-bond donors (Lipinski definition) is 1. The molecular formula is C13H18ClN. The van der Waals surface area contributed by atoms with Crippen LogP contribution in [0.4, 0.5) is 0 Å². The molecule has 15 heavy (non-hydrogen) atoms. The van der Waals surface area contributed by atoms with Crippen molar-refractivity contribution in [2.24, 2.45) is 5.92 Å². The predicted molar refractivity (Wildman–Crippen MR) is 65.4 cm³/mol. The average molecular weight is 224 g/mol. The van der Waals surface area contributed by atoms with Crippen LogP contribution in [0, 0.1) is 5.92 Å². The summed E-state index contributed by atoms with van der Waals surface area (Å²) in [6, 6.07) is 4.42. The van der Waals surface area contributed by atoms with Gasteiger partial charge in [-0.3, -0.25) is 0 Å². The summed E-state index contributed by atoms with van der Waals surface area (Å²) in [6.07, 6.45) is 2.15. The zero-order valence-corrected chi connectivity index (χ0v) is 10.2. The first-order chi connectivity index (χ1) is 7.18. The molecule has 0 saturated heterocycles. The summed E-state index contributed by atoms with van der Waals surface area (Å²) in [7, 11) is 0. The van der Waals surface area contributed by atoms with Gasteiger partial charge in [0.2, 0.25) is 0 Å². The molecule has 0 saturated carbocycles. The lowest BCUT2D eigenvalue weighted by molar-refractivity contribution is 0.631. The Morgan fingerprint density at radius 1 is 1.40 bits per heavy atom. The molecule has 82 valence electrons. The normalized spacial score (nSPS) is 15.5. The van der Waals surface area contributed by atoms with Crippen molar-refractivity contribution < 1.29 is 0 Å². The smallest absolute Gasteiger partial charge is 0.0473 e. The highest BCUT2D eigenvalue weighted by molar-refractivity contribution is 6.32. The number of nitrogens with one attached hydrogen (secondary N) is 1. The van der Waals surface area contributed by atoms with E-state index in [2.05, 4.69) is 31.3 Å². The fourth-order valence-electron chi connectivity index (χ4n) is 2.18. The molecule has 0 amide bonds. The van der Waals surface area contributed by atoms with Crippen molar-refractivity contribution in [3.63, 3.8) is 0 Å². The first kappa shape index (κ1) is 11.0. The largest absolute Gasteiger partial charge is 0.312 e. The summed E-state index contributed by atoms with van der Waals surface area (Å²) in [5.74, 6) is 0.669. The van der Waals surface area contributed by atoms with Crippen LogP contribution in [-0.4, -0.2) is 6.54 Å². The van der Waals surface area contributed by atoms with Gasteiger partial charge in [0.1, 0.15) is 0 Å². The number of rotatable bonds is 2. The number of fused-ring (bicyclic) bond motifs is 1. The summed E-state index contributed by atoms with van der Waals surface area (Å²) >= 11 is 6.44. The van der Waals surface area contributed by atoms with Crippen molar-refractivity contribution in [2.45, 2.75) is 33.2 Å². The predicted octanol–water partition coefficient (Wildman–Crippen LogP) is 3.18. The molecular weight excluding hydrogens is 206 g/mol. The van der Waals surface area contributed by atoms with E-state index in [0.29, 0.717) is 5.92 Å². The zero-order chi connectivity index (χ0) is 10.8. The molecule has 0 radical (unpaired) electrons. The van der Waals surface area contributed by atoms with Gasteiger partial charge in [-0.2, -0.15) is 0 Å². The van der Waals surface area contributed by atoms with Crippen molar-refractivity contribution in [1.82, 2.24) is 5.32 Å². The molecule has 1 aliphatic rings. The topological polar surface area (TPSA) is 12.0 Å². The average Bonchev–Trinajstić information content (AvgIpc) is 2.22. The molecule has 1 N–H and O–H groups in total. The minimum Gasteiger partial charge on any atom is -0.312 e. The minimum atomic E-state index is 0.669. The van der Waals surface area contributed by atoms with Crippen LogP contribution >= 0.6 is 11.6 Å². The molecule has 0 aliphatic carbocycles. The molecule has 0 atom stereocenters. The van der Waals surface area contributed by atoms with Crippen molar-refractivity contribution in [3.8, 4) is 0 Å². The Morgan fingerprint density at radius 3 is 2.93 bits per heavy atom. The second-order valence-corrected chi connectivity index (χ2v) is 5.08. The molecule has 0 unspecified atom stereocenters. The van der Waals surface area contributed by atoms with E-state index in [4.69, 9.17) is 11.6 Å². The van der Waals surface area contributed by atoms with Crippen molar-refractivity contribution in [3.05, 3.63) is 33.8 Å². The lowest BCUT2D eigenvalue weighted by Crippen LogP contribution is -2.24. The third-order valence-corrected chi connectivity index (χ3v) is 3.39. The van der Waals surface area contributed by atoms with Gasteiger partial charge < -0.3 is 5.32 Å². The van der Waals surface area contributed by atoms with Gasteiger partial charge in [-0.05, 0) is 42.0 Å². The van der Waals surface area contributed by atoms with E-state index in [0.717, 1.165) is 31.0 Å². The molecule has 1 aromatic rings. The van der Waals surface area contributed by atoms with Crippen LogP contribution in [0.2, 0.25) is 5.02 Å². The standard InChI is InChI=1S/C13H18ClN/c1-9(2)7-10-3-4-11-8-15-6-5-12(11)13(10)14/h3-4,9,15H,5-8H2,1-2H3. The molecule has 2 heteroatoms. The summed E-state index contributed by atoms with van der Waals surface area (Å²) in [5, 5.41) is 4.39. The first-order valence-corrected chi connectivity index (χ1v) is 6.06. The number of hydrogen-bond acceptors (Lipinski definition) is 1. The SMILES string of the molecule is CC(C)Cc1ccc2c(c1Cl)CCNC2. The molecule has 1 nitrogen and oxygen atoms in total. The molecule has 0 fully saturated rings. The van der Waals surface area contributed by atoms with Crippen LogP contribution < -0.4 is 5.32 Å². The summed E-state index contributed by atoms with van der Waals surface area (Å²) in [6.45, 7) is 6.49. The van der Waals surface area contributed by atoms with E-state index < -0.39 is 0 Å². The minimum absolute atomic E-state index is 0.669. The Kier molecular flexibility index (Phi) is 3.32. The molecule has 0 spiro atoms. The van der Waals surface area contributed by atoms with Crippen LogP contribution in [-0.2, 0) is 19.4 Å². The monoisotopic (exact) mass is 223 g/mol. The highest BCUT2D eigenvalue weighted by atomic mass is 35.5.